The lowest BCUT2D eigenvalue weighted by Gasteiger charge is -1.98. The van der Waals surface area contributed by atoms with Crippen LogP contribution in [0.2, 0.25) is 0 Å². The Kier molecular flexibility index (Phi) is 2.36. The minimum Gasteiger partial charge on any atom is -0.407 e. The van der Waals surface area contributed by atoms with Crippen molar-refractivity contribution in [1.82, 2.24) is 0 Å². The molecule has 0 aliphatic carbocycles. The number of hydrogen-bond donors (Lipinski definition) is 2. The van der Waals surface area contributed by atoms with E-state index in [-0.39, 0.29) is 0 Å². The van der Waals surface area contributed by atoms with Crippen LogP contribution >= 0.6 is 0 Å². The molecule has 2 N–H and O–H groups in total. The van der Waals surface area contributed by atoms with Gasteiger partial charge in [0.25, 0.3) is 0 Å². The van der Waals surface area contributed by atoms with Crippen molar-refractivity contribution in [3.63, 3.8) is 0 Å². The van der Waals surface area contributed by atoms with Crippen LogP contribution in [-0.4, -0.2) is 29.2 Å². The molecule has 0 unspecified atom stereocenters. The molecule has 5 heteroatoms. The van der Waals surface area contributed by atoms with Crippen molar-refractivity contribution in [3.05, 3.63) is 12.3 Å². The van der Waals surface area contributed by atoms with E-state index in [1.165, 1.54) is 6.21 Å². The van der Waals surface area contributed by atoms with E-state index in [9.17, 15) is 0 Å². The van der Waals surface area contributed by atoms with Gasteiger partial charge >= 0.3 is 7.25 Å². The van der Waals surface area contributed by atoms with Crippen molar-refractivity contribution in [2.24, 2.45) is 9.90 Å². The van der Waals surface area contributed by atoms with Crippen molar-refractivity contribution in [2.45, 2.75) is 6.42 Å². The van der Waals surface area contributed by atoms with E-state index in [1.807, 2.05) is 0 Å². The van der Waals surface area contributed by atoms with Crippen molar-refractivity contribution in [2.75, 3.05) is 0 Å². The summed E-state index contributed by atoms with van der Waals surface area (Å²) in [5.74, 6) is 0. The summed E-state index contributed by atoms with van der Waals surface area (Å²) in [7, 11) is -1.62. The topological polar surface area (TPSA) is 65.2 Å². The van der Waals surface area contributed by atoms with Crippen molar-refractivity contribution in [3.8, 4) is 0 Å². The molecule has 0 amide bonds. The second-order valence-corrected chi connectivity index (χ2v) is 1.83. The number of nitrogens with zero attached hydrogens (tertiary/aromatic N) is 2. The monoisotopic (exact) mass is 138 g/mol. The van der Waals surface area contributed by atoms with E-state index in [1.54, 1.807) is 12.3 Å². The van der Waals surface area contributed by atoms with E-state index >= 15 is 0 Å². The zero-order valence-electron chi connectivity index (χ0n) is 5.31. The fourth-order valence-corrected chi connectivity index (χ4v) is 0.650. The molecule has 0 radical (unpaired) electrons. The van der Waals surface area contributed by atoms with Gasteiger partial charge in [-0.2, -0.15) is 0 Å². The van der Waals surface area contributed by atoms with Gasteiger partial charge in [0.2, 0.25) is 0 Å². The van der Waals surface area contributed by atoms with Gasteiger partial charge in [-0.05, 0) is 0 Å². The molecule has 1 aliphatic rings. The Hall–Kier alpha value is -0.935. The summed E-state index contributed by atoms with van der Waals surface area (Å²) in [6.45, 7) is 0. The van der Waals surface area contributed by atoms with Crippen LogP contribution in [-0.2, 0) is 0 Å². The van der Waals surface area contributed by atoms with Gasteiger partial charge in [-0.15, -0.1) is 0 Å². The molecule has 10 heavy (non-hydrogen) atoms. The summed E-state index contributed by atoms with van der Waals surface area (Å²) in [4.78, 5) is 7.22. The molecule has 0 bridgehead atoms. The Morgan fingerprint density at radius 2 is 2.40 bits per heavy atom. The van der Waals surface area contributed by atoms with E-state index in [0.717, 1.165) is 0 Å². The zero-order chi connectivity index (χ0) is 7.40. The van der Waals surface area contributed by atoms with Crippen molar-refractivity contribution >= 4 is 19.2 Å². The molecule has 0 spiro atoms. The van der Waals surface area contributed by atoms with E-state index in [2.05, 4.69) is 9.90 Å². The predicted molar refractivity (Wildman–Crippen MR) is 39.9 cm³/mol. The first-order valence-electron chi connectivity index (χ1n) is 2.90. The Morgan fingerprint density at radius 1 is 1.60 bits per heavy atom. The molecule has 1 aliphatic heterocycles. The maximum Gasteiger partial charge on any atom is 0.606 e. The molecule has 52 valence electrons. The number of hydrogen-bond acceptors (Lipinski definition) is 4. The lowest BCUT2D eigenvalue weighted by molar-refractivity contribution is 0.410. The summed E-state index contributed by atoms with van der Waals surface area (Å²) in [5, 5.41) is 16.8. The quantitative estimate of drug-likeness (QED) is 0.474. The Bertz CT molecular complexity index is 198. The first-order chi connectivity index (χ1) is 4.79. The predicted octanol–water partition coefficient (Wildman–Crippen LogP) is -0.615. The van der Waals surface area contributed by atoms with Crippen LogP contribution in [0.15, 0.2) is 22.2 Å². The first kappa shape index (κ1) is 7.18. The molecule has 1 heterocycles. The minimum absolute atomic E-state index is 0.581. The summed E-state index contributed by atoms with van der Waals surface area (Å²) >= 11 is 0. The summed E-state index contributed by atoms with van der Waals surface area (Å²) in [6, 6.07) is 0. The molecule has 0 atom stereocenters. The molecule has 0 aromatic heterocycles. The highest BCUT2D eigenvalue weighted by Crippen LogP contribution is 1.94. The molecule has 0 aromatic rings. The maximum absolute atomic E-state index is 8.39. The second kappa shape index (κ2) is 3.29. The highest BCUT2D eigenvalue weighted by Gasteiger charge is 2.05. The molecular weight excluding hydrogens is 131 g/mol. The number of allylic oxidation sites excluding steroid dienone is 1. The molecule has 4 nitrogen and oxygen atoms in total. The van der Waals surface area contributed by atoms with Gasteiger partial charge in [-0.1, -0.05) is 6.08 Å². The van der Waals surface area contributed by atoms with Gasteiger partial charge in [0.05, 0.1) is 0 Å². The Labute approximate surface area is 58.8 Å². The zero-order valence-corrected chi connectivity index (χ0v) is 5.31. The molecule has 1 rings (SSSR count). The number of rotatable bonds is 1. The third-order valence-electron chi connectivity index (χ3n) is 1.02. The maximum atomic E-state index is 8.39. The van der Waals surface area contributed by atoms with E-state index < -0.39 is 7.25 Å². The summed E-state index contributed by atoms with van der Waals surface area (Å²) in [6.07, 6.45) is 5.55. The lowest BCUT2D eigenvalue weighted by Crippen LogP contribution is -2.13. The van der Waals surface area contributed by atoms with Crippen LogP contribution in [0, 0.1) is 0 Å². The minimum atomic E-state index is -1.62. The summed E-state index contributed by atoms with van der Waals surface area (Å²) < 4.78 is 0. The van der Waals surface area contributed by atoms with Gasteiger partial charge < -0.3 is 10.0 Å². The summed E-state index contributed by atoms with van der Waals surface area (Å²) in [5.41, 5.74) is 0.581. The Balaban J connectivity index is 2.58. The van der Waals surface area contributed by atoms with Crippen LogP contribution < -0.4 is 0 Å². The fraction of sp³-hybridized carbons (Fsp3) is 0.200. The van der Waals surface area contributed by atoms with Gasteiger partial charge in [0.15, 0.2) is 0 Å². The van der Waals surface area contributed by atoms with Gasteiger partial charge in [0.1, 0.15) is 0 Å². The molecular formula is C5H7BN2O2. The van der Waals surface area contributed by atoms with Crippen LogP contribution in [0.1, 0.15) is 6.42 Å². The van der Waals surface area contributed by atoms with Crippen LogP contribution in [0.3, 0.4) is 0 Å². The van der Waals surface area contributed by atoms with Crippen LogP contribution in [0.4, 0.5) is 0 Å². The van der Waals surface area contributed by atoms with Crippen LogP contribution in [0.5, 0.6) is 0 Å². The third-order valence-corrected chi connectivity index (χ3v) is 1.02. The molecule has 0 fully saturated rings. The normalized spacial score (nSPS) is 20.0. The van der Waals surface area contributed by atoms with Gasteiger partial charge in [-0.3, -0.25) is 9.90 Å². The second-order valence-electron chi connectivity index (χ2n) is 1.83. The standard InChI is InChI=1S/C5H7BN2O2/c9-6(10)8-5-2-1-3-7-4-5/h1,3-4,9-10H,2H2. The lowest BCUT2D eigenvalue weighted by atomic mass is 10.1. The van der Waals surface area contributed by atoms with Crippen molar-refractivity contribution < 1.29 is 10.0 Å². The largest absolute Gasteiger partial charge is 0.606 e. The third kappa shape index (κ3) is 2.12. The molecule has 0 aromatic carbocycles. The highest BCUT2D eigenvalue weighted by atomic mass is 16.4. The average Bonchev–Trinajstić information content (AvgIpc) is 1.88. The van der Waals surface area contributed by atoms with E-state index in [0.29, 0.717) is 12.1 Å². The smallest absolute Gasteiger partial charge is 0.407 e. The Morgan fingerprint density at radius 3 is 2.90 bits per heavy atom. The van der Waals surface area contributed by atoms with Crippen LogP contribution in [0.25, 0.3) is 0 Å². The number of aliphatic imine (C=N–C) groups is 1. The molecule has 0 saturated heterocycles. The van der Waals surface area contributed by atoms with Gasteiger partial charge in [0, 0.05) is 24.5 Å². The fourth-order valence-electron chi connectivity index (χ4n) is 0.650. The molecule has 0 saturated carbocycles. The van der Waals surface area contributed by atoms with Crippen molar-refractivity contribution in [1.29, 1.82) is 0 Å². The first-order valence-corrected chi connectivity index (χ1v) is 2.90. The van der Waals surface area contributed by atoms with Gasteiger partial charge in [-0.25, -0.2) is 0 Å². The SMILES string of the molecule is OB(O)N=C1C=NC=CC1. The highest BCUT2D eigenvalue weighted by molar-refractivity contribution is 6.47. The average molecular weight is 138 g/mol. The van der Waals surface area contributed by atoms with E-state index in [4.69, 9.17) is 10.0 Å².